The third-order valence-electron chi connectivity index (χ3n) is 1.52. The summed E-state index contributed by atoms with van der Waals surface area (Å²) in [5.74, 6) is -1.51. The number of rotatable bonds is 2. The minimum absolute atomic E-state index is 0.118. The van der Waals surface area contributed by atoms with E-state index in [2.05, 4.69) is 15.9 Å². The van der Waals surface area contributed by atoms with E-state index in [4.69, 9.17) is 10.8 Å². The molecule has 0 unspecified atom stereocenters. The summed E-state index contributed by atoms with van der Waals surface area (Å²) in [6, 6.07) is 2.08. The Hall–Kier alpha value is -0.940. The van der Waals surface area contributed by atoms with Crippen LogP contribution >= 0.6 is 15.9 Å². The van der Waals surface area contributed by atoms with E-state index in [1.807, 2.05) is 0 Å². The molecule has 0 fully saturated rings. The maximum absolute atomic E-state index is 13.0. The summed E-state index contributed by atoms with van der Waals surface area (Å²) in [7, 11) is 0. The SMILES string of the molecule is NCC(=O)c1cc(Br)c(O)cc1F. The number of carbonyl (C=O) groups excluding carboxylic acids is 1. The lowest BCUT2D eigenvalue weighted by atomic mass is 10.1. The monoisotopic (exact) mass is 247 g/mol. The van der Waals surface area contributed by atoms with Gasteiger partial charge in [0.05, 0.1) is 16.6 Å². The summed E-state index contributed by atoms with van der Waals surface area (Å²) >= 11 is 2.97. The van der Waals surface area contributed by atoms with Crippen molar-refractivity contribution >= 4 is 21.7 Å². The zero-order valence-corrected chi connectivity index (χ0v) is 8.14. The third-order valence-corrected chi connectivity index (χ3v) is 2.16. The number of halogens is 2. The molecule has 0 saturated heterocycles. The number of Topliss-reactive ketones (excluding diaryl/α,β-unsaturated/α-hetero) is 1. The standard InChI is InChI=1S/C8H7BrFNO2/c9-5-1-4(8(13)3-11)6(10)2-7(5)12/h1-2,12H,3,11H2. The van der Waals surface area contributed by atoms with Crippen LogP contribution in [0.1, 0.15) is 10.4 Å². The summed E-state index contributed by atoms with van der Waals surface area (Å²) in [5.41, 5.74) is 4.95. The van der Waals surface area contributed by atoms with Gasteiger partial charge in [-0.1, -0.05) is 0 Å². The van der Waals surface area contributed by atoms with E-state index in [0.717, 1.165) is 6.07 Å². The van der Waals surface area contributed by atoms with Gasteiger partial charge in [0.15, 0.2) is 5.78 Å². The maximum Gasteiger partial charge on any atom is 0.179 e. The number of hydrogen-bond donors (Lipinski definition) is 2. The molecule has 0 amide bonds. The summed E-state index contributed by atoms with van der Waals surface area (Å²) in [6.07, 6.45) is 0. The minimum Gasteiger partial charge on any atom is -0.507 e. The zero-order valence-electron chi connectivity index (χ0n) is 6.55. The molecule has 3 nitrogen and oxygen atoms in total. The van der Waals surface area contributed by atoms with Gasteiger partial charge in [-0.05, 0) is 22.0 Å². The van der Waals surface area contributed by atoms with Crippen molar-refractivity contribution in [1.82, 2.24) is 0 Å². The first-order valence-electron chi connectivity index (χ1n) is 3.47. The Bertz CT molecular complexity index is 354. The second-order valence-electron chi connectivity index (χ2n) is 2.41. The van der Waals surface area contributed by atoms with Crippen molar-refractivity contribution in [2.45, 2.75) is 0 Å². The summed E-state index contributed by atoms with van der Waals surface area (Å²) in [6.45, 7) is -0.256. The van der Waals surface area contributed by atoms with Crippen LogP contribution in [-0.4, -0.2) is 17.4 Å². The Morgan fingerprint density at radius 2 is 2.23 bits per heavy atom. The molecule has 0 saturated carbocycles. The maximum atomic E-state index is 13.0. The molecule has 1 rings (SSSR count). The second-order valence-corrected chi connectivity index (χ2v) is 3.27. The molecule has 5 heteroatoms. The van der Waals surface area contributed by atoms with E-state index in [1.54, 1.807) is 0 Å². The lowest BCUT2D eigenvalue weighted by Gasteiger charge is -2.02. The Morgan fingerprint density at radius 3 is 2.77 bits per heavy atom. The van der Waals surface area contributed by atoms with Crippen molar-refractivity contribution in [2.75, 3.05) is 6.54 Å². The molecule has 0 bridgehead atoms. The Kier molecular flexibility index (Phi) is 3.00. The van der Waals surface area contributed by atoms with Gasteiger partial charge in [-0.25, -0.2) is 4.39 Å². The fourth-order valence-electron chi connectivity index (χ4n) is 0.860. The first-order valence-corrected chi connectivity index (χ1v) is 4.27. The molecule has 13 heavy (non-hydrogen) atoms. The molecule has 1 aromatic carbocycles. The van der Waals surface area contributed by atoms with E-state index < -0.39 is 11.6 Å². The van der Waals surface area contributed by atoms with Crippen LogP contribution in [0.5, 0.6) is 5.75 Å². The molecule has 3 N–H and O–H groups in total. The van der Waals surface area contributed by atoms with Crippen molar-refractivity contribution in [3.8, 4) is 5.75 Å². The highest BCUT2D eigenvalue weighted by Crippen LogP contribution is 2.26. The van der Waals surface area contributed by atoms with Crippen LogP contribution < -0.4 is 5.73 Å². The van der Waals surface area contributed by atoms with Gasteiger partial charge in [0, 0.05) is 6.07 Å². The van der Waals surface area contributed by atoms with Gasteiger partial charge in [0.1, 0.15) is 11.6 Å². The lowest BCUT2D eigenvalue weighted by Crippen LogP contribution is -2.15. The number of carbonyl (C=O) groups is 1. The fraction of sp³-hybridized carbons (Fsp3) is 0.125. The predicted octanol–water partition coefficient (Wildman–Crippen LogP) is 1.44. The normalized spacial score (nSPS) is 10.1. The van der Waals surface area contributed by atoms with E-state index in [1.165, 1.54) is 6.07 Å². The topological polar surface area (TPSA) is 63.3 Å². The van der Waals surface area contributed by atoms with Gasteiger partial charge in [0.2, 0.25) is 0 Å². The van der Waals surface area contributed by atoms with Gasteiger partial charge in [-0.2, -0.15) is 0 Å². The molecular weight excluding hydrogens is 241 g/mol. The number of phenolic OH excluding ortho intramolecular Hbond substituents is 1. The molecule has 0 heterocycles. The largest absolute Gasteiger partial charge is 0.507 e. The van der Waals surface area contributed by atoms with Crippen LogP contribution in [-0.2, 0) is 0 Å². The quantitative estimate of drug-likeness (QED) is 0.778. The molecule has 0 aliphatic carbocycles. The first-order chi connectivity index (χ1) is 6.06. The molecule has 70 valence electrons. The van der Waals surface area contributed by atoms with Crippen LogP contribution in [0.2, 0.25) is 0 Å². The second kappa shape index (κ2) is 3.85. The number of ketones is 1. The number of aromatic hydroxyl groups is 1. The molecule has 0 radical (unpaired) electrons. The van der Waals surface area contributed by atoms with Crippen molar-refractivity contribution in [3.63, 3.8) is 0 Å². The van der Waals surface area contributed by atoms with Gasteiger partial charge < -0.3 is 10.8 Å². The smallest absolute Gasteiger partial charge is 0.179 e. The van der Waals surface area contributed by atoms with Crippen LogP contribution in [0.15, 0.2) is 16.6 Å². The first kappa shape index (κ1) is 10.1. The summed E-state index contributed by atoms with van der Waals surface area (Å²) in [5, 5.41) is 9.05. The van der Waals surface area contributed by atoms with Crippen molar-refractivity contribution in [1.29, 1.82) is 0 Å². The molecule has 0 atom stereocenters. The Labute approximate surface area is 82.5 Å². The highest BCUT2D eigenvalue weighted by Gasteiger charge is 2.12. The zero-order chi connectivity index (χ0) is 10.0. The average molecular weight is 248 g/mol. The molecule has 0 aliphatic rings. The lowest BCUT2D eigenvalue weighted by molar-refractivity contribution is 0.0997. The van der Waals surface area contributed by atoms with Crippen molar-refractivity contribution in [2.24, 2.45) is 5.73 Å². The number of phenols is 1. The Balaban J connectivity index is 3.23. The fourth-order valence-corrected chi connectivity index (χ4v) is 1.20. The van der Waals surface area contributed by atoms with Crippen LogP contribution in [0.25, 0.3) is 0 Å². The summed E-state index contributed by atoms with van der Waals surface area (Å²) < 4.78 is 13.3. The van der Waals surface area contributed by atoms with Crippen molar-refractivity contribution in [3.05, 3.63) is 28.0 Å². The van der Waals surface area contributed by atoms with Gasteiger partial charge in [0.25, 0.3) is 0 Å². The van der Waals surface area contributed by atoms with Crippen LogP contribution in [0, 0.1) is 5.82 Å². The summed E-state index contributed by atoms with van der Waals surface area (Å²) in [4.78, 5) is 11.0. The number of hydrogen-bond acceptors (Lipinski definition) is 3. The van der Waals surface area contributed by atoms with E-state index in [-0.39, 0.29) is 22.3 Å². The van der Waals surface area contributed by atoms with Crippen molar-refractivity contribution < 1.29 is 14.3 Å². The molecule has 0 spiro atoms. The third kappa shape index (κ3) is 2.05. The Morgan fingerprint density at radius 1 is 1.62 bits per heavy atom. The average Bonchev–Trinajstić information content (AvgIpc) is 2.10. The number of benzene rings is 1. The van der Waals surface area contributed by atoms with Gasteiger partial charge in [-0.15, -0.1) is 0 Å². The molecule has 0 aromatic heterocycles. The molecular formula is C8H7BrFNO2. The van der Waals surface area contributed by atoms with E-state index in [9.17, 15) is 9.18 Å². The van der Waals surface area contributed by atoms with E-state index >= 15 is 0 Å². The van der Waals surface area contributed by atoms with E-state index in [0.29, 0.717) is 0 Å². The molecule has 1 aromatic rings. The van der Waals surface area contributed by atoms with Crippen LogP contribution in [0.3, 0.4) is 0 Å². The predicted molar refractivity (Wildman–Crippen MR) is 49.1 cm³/mol. The van der Waals surface area contributed by atoms with Crippen LogP contribution in [0.4, 0.5) is 4.39 Å². The number of nitrogens with two attached hydrogens (primary N) is 1. The highest BCUT2D eigenvalue weighted by molar-refractivity contribution is 9.10. The van der Waals surface area contributed by atoms with Gasteiger partial charge >= 0.3 is 0 Å². The molecule has 0 aliphatic heterocycles. The highest BCUT2D eigenvalue weighted by atomic mass is 79.9. The minimum atomic E-state index is -0.767. The van der Waals surface area contributed by atoms with Gasteiger partial charge in [-0.3, -0.25) is 4.79 Å².